The molecule has 0 saturated heterocycles. The van der Waals surface area contributed by atoms with Crippen molar-refractivity contribution in [2.75, 3.05) is 13.7 Å². The summed E-state index contributed by atoms with van der Waals surface area (Å²) in [6.07, 6.45) is 10.8. The summed E-state index contributed by atoms with van der Waals surface area (Å²) in [4.78, 5) is 20.2. The summed E-state index contributed by atoms with van der Waals surface area (Å²) in [7, 11) is 1.69. The van der Waals surface area contributed by atoms with E-state index in [1.54, 1.807) is 10.7 Å². The minimum atomic E-state index is -2.26. The summed E-state index contributed by atoms with van der Waals surface area (Å²) in [5, 5.41) is 0. The molecule has 1 fully saturated rings. The maximum absolute atomic E-state index is 12.5. The van der Waals surface area contributed by atoms with E-state index in [-0.39, 0.29) is 12.1 Å². The average molecular weight is 587 g/mol. The first-order valence-corrected chi connectivity index (χ1v) is 23.3. The molecule has 0 aromatic heterocycles. The van der Waals surface area contributed by atoms with Crippen LogP contribution in [-0.2, 0) is 20.9 Å². The number of hydrogen-bond acceptors (Lipinski definition) is 4. The summed E-state index contributed by atoms with van der Waals surface area (Å²) in [6, 6.07) is 8.14. The second-order valence-electron chi connectivity index (χ2n) is 12.8. The van der Waals surface area contributed by atoms with Crippen LogP contribution in [0.5, 0.6) is 5.75 Å². The molecule has 1 aromatic carbocycles. The minimum absolute atomic E-state index is 0.0574. The van der Waals surface area contributed by atoms with E-state index in [2.05, 4.69) is 45.2 Å². The Kier molecular flexibility index (Phi) is 8.12. The molecule has 0 N–H and O–H groups in total. The zero-order valence-corrected chi connectivity index (χ0v) is 25.5. The van der Waals surface area contributed by atoms with E-state index >= 15 is 0 Å². The van der Waals surface area contributed by atoms with Gasteiger partial charge in [0.2, 0.25) is 0 Å². The van der Waals surface area contributed by atoms with Crippen LogP contribution in [0, 0.1) is 35.0 Å². The molecular weight excluding hydrogens is 543 g/mol. The van der Waals surface area contributed by atoms with Crippen LogP contribution in [-0.4, -0.2) is 44.2 Å². The van der Waals surface area contributed by atoms with Gasteiger partial charge in [-0.3, -0.25) is 0 Å². The van der Waals surface area contributed by atoms with Crippen molar-refractivity contribution in [3.05, 3.63) is 51.6 Å². The number of rotatable bonds is 8. The van der Waals surface area contributed by atoms with Crippen LogP contribution in [0.2, 0.25) is 14.8 Å². The fraction of sp³-hybridized carbons (Fsp3) is 0.633. The molecule has 1 saturated carbocycles. The summed E-state index contributed by atoms with van der Waals surface area (Å²) in [5.74, 6) is 3.69. The predicted octanol–water partition coefficient (Wildman–Crippen LogP) is 6.82. The molecule has 3 aliphatic rings. The number of carbonyl (C=O) groups excluding carboxylic acids is 1. The molecule has 0 aliphatic heterocycles. The van der Waals surface area contributed by atoms with Crippen LogP contribution in [0.15, 0.2) is 46.1 Å². The van der Waals surface area contributed by atoms with Crippen LogP contribution < -0.4 is 4.74 Å². The normalized spacial score (nSPS) is 30.0. The summed E-state index contributed by atoms with van der Waals surface area (Å²) in [5.41, 5.74) is 0.743. The van der Waals surface area contributed by atoms with Gasteiger partial charge in [0, 0.05) is 0 Å². The molecule has 0 radical (unpaired) electrons. The van der Waals surface area contributed by atoms with Gasteiger partial charge in [0.15, 0.2) is 0 Å². The van der Waals surface area contributed by atoms with Crippen LogP contribution >= 0.6 is 0 Å². The first-order chi connectivity index (χ1) is 16.5. The van der Waals surface area contributed by atoms with Gasteiger partial charge in [-0.1, -0.05) is 0 Å². The summed E-state index contributed by atoms with van der Waals surface area (Å²) in [6.45, 7) is 7.25. The van der Waals surface area contributed by atoms with Crippen LogP contribution in [0.1, 0.15) is 45.6 Å². The molecule has 0 amide bonds. The Balaban J connectivity index is 1.39. The zero-order valence-electron chi connectivity index (χ0n) is 22.7. The van der Waals surface area contributed by atoms with Crippen molar-refractivity contribution in [3.8, 4) is 5.75 Å². The molecule has 5 heteroatoms. The summed E-state index contributed by atoms with van der Waals surface area (Å²) >= 11 is -2.26. The molecule has 4 rings (SSSR count). The Morgan fingerprint density at radius 1 is 1.03 bits per heavy atom. The third-order valence-corrected chi connectivity index (χ3v) is 14.6. The van der Waals surface area contributed by atoms with Crippen LogP contribution in [0.4, 0.5) is 0 Å². The molecule has 0 bridgehead atoms. The number of hydrogen-bond donors (Lipinski definition) is 0. The van der Waals surface area contributed by atoms with E-state index in [0.29, 0.717) is 36.2 Å². The van der Waals surface area contributed by atoms with Gasteiger partial charge in [-0.15, -0.1) is 0 Å². The van der Waals surface area contributed by atoms with Crippen molar-refractivity contribution >= 4 is 24.3 Å². The Labute approximate surface area is 216 Å². The number of esters is 1. The van der Waals surface area contributed by atoms with Crippen LogP contribution in [0.3, 0.4) is 0 Å². The molecule has 3 aliphatic carbocycles. The van der Waals surface area contributed by atoms with Crippen molar-refractivity contribution in [2.45, 2.75) is 67.6 Å². The first-order valence-electron chi connectivity index (χ1n) is 13.3. The van der Waals surface area contributed by atoms with Gasteiger partial charge in [-0.05, 0) is 0 Å². The third-order valence-electron chi connectivity index (χ3n) is 8.13. The van der Waals surface area contributed by atoms with E-state index in [9.17, 15) is 4.79 Å². The monoisotopic (exact) mass is 588 g/mol. The van der Waals surface area contributed by atoms with E-state index in [4.69, 9.17) is 14.2 Å². The van der Waals surface area contributed by atoms with Gasteiger partial charge >= 0.3 is 217 Å². The Morgan fingerprint density at radius 2 is 1.74 bits per heavy atom. The summed E-state index contributed by atoms with van der Waals surface area (Å²) < 4.78 is 19.1. The van der Waals surface area contributed by atoms with Crippen molar-refractivity contribution < 1.29 is 19.0 Å². The predicted molar refractivity (Wildman–Crippen MR) is 144 cm³/mol. The number of methoxy groups -OCH3 is 1. The van der Waals surface area contributed by atoms with Gasteiger partial charge in [0.1, 0.15) is 0 Å². The van der Waals surface area contributed by atoms with Gasteiger partial charge in [0.25, 0.3) is 0 Å². The van der Waals surface area contributed by atoms with Crippen molar-refractivity contribution in [1.29, 1.82) is 0 Å². The molecule has 1 aromatic rings. The Hall–Kier alpha value is -1.27. The number of carbonyl (C=O) groups is 1. The number of allylic oxidation sites excluding steroid dienone is 4. The number of ether oxygens (including phenoxy) is 3. The standard InChI is InChI=1S/C27H35O4.3CH3.Sn/c1-27(2,3)26(28)31-22-15-20-8-11-23-19(7-12-24(23)25(20)16-22)13-14-30-17-18-5-9-21(29-4)10-6-18;;;;/h5-6,8-12,19-20,22-25H,13-17H2,1-4H3;3*1H3;/t19-,20+,22+,23-,24+,25+;;;;/m0..../s1. The average Bonchev–Trinajstić information content (AvgIpc) is 3.37. The third kappa shape index (κ3) is 6.18. The molecule has 6 atom stereocenters. The van der Waals surface area contributed by atoms with Crippen molar-refractivity contribution in [3.63, 3.8) is 0 Å². The maximum atomic E-state index is 12.5. The van der Waals surface area contributed by atoms with E-state index in [1.165, 1.54) is 5.56 Å². The quantitative estimate of drug-likeness (QED) is 0.145. The van der Waals surface area contributed by atoms with Gasteiger partial charge in [-0.2, -0.15) is 0 Å². The van der Waals surface area contributed by atoms with Crippen molar-refractivity contribution in [1.82, 2.24) is 0 Å². The molecule has 0 spiro atoms. The number of benzene rings is 1. The second kappa shape index (κ2) is 10.6. The van der Waals surface area contributed by atoms with Gasteiger partial charge in [0.05, 0.1) is 0 Å². The fourth-order valence-corrected chi connectivity index (χ4v) is 12.4. The SMILES string of the molecule is COc1ccc(COCC[C@@H]2[C]([Sn]([CH3])([CH3])[CH3])=C[C@@H]3[C@H]2C=C[C@@H]2C[C@@H](OC(=O)C(C)(C)C)C[C@@H]32)cc1. The molecule has 192 valence electrons. The fourth-order valence-electron chi connectivity index (χ4n) is 6.28. The van der Waals surface area contributed by atoms with E-state index in [0.717, 1.165) is 31.6 Å². The van der Waals surface area contributed by atoms with E-state index in [1.807, 2.05) is 32.9 Å². The van der Waals surface area contributed by atoms with Gasteiger partial charge in [-0.25, -0.2) is 0 Å². The Bertz CT molecular complexity index is 950. The zero-order chi connectivity index (χ0) is 25.4. The molecular formula is C30H44O4Sn. The topological polar surface area (TPSA) is 44.8 Å². The number of fused-ring (bicyclic) bond motifs is 3. The molecule has 0 unspecified atom stereocenters. The Morgan fingerprint density at radius 3 is 2.37 bits per heavy atom. The second-order valence-corrected chi connectivity index (χ2v) is 27.3. The van der Waals surface area contributed by atoms with Crippen LogP contribution in [0.25, 0.3) is 0 Å². The molecule has 4 nitrogen and oxygen atoms in total. The first kappa shape index (κ1) is 26.8. The van der Waals surface area contributed by atoms with Crippen molar-refractivity contribution in [2.24, 2.45) is 35.0 Å². The van der Waals surface area contributed by atoms with E-state index < -0.39 is 23.8 Å². The van der Waals surface area contributed by atoms with Gasteiger partial charge < -0.3 is 0 Å². The molecule has 35 heavy (non-hydrogen) atoms. The molecule has 0 heterocycles.